The second-order valence-corrected chi connectivity index (χ2v) is 11.3. The van der Waals surface area contributed by atoms with Crippen molar-refractivity contribution in [2.75, 3.05) is 32.8 Å². The molecule has 0 unspecified atom stereocenters. The van der Waals surface area contributed by atoms with Gasteiger partial charge in [-0.15, -0.1) is 0 Å². The van der Waals surface area contributed by atoms with E-state index in [0.29, 0.717) is 23.2 Å². The number of likely N-dealkylation sites (tertiary alicyclic amines) is 2. The maximum absolute atomic E-state index is 12.9. The quantitative estimate of drug-likeness (QED) is 0.759. The van der Waals surface area contributed by atoms with Crippen molar-refractivity contribution in [2.45, 2.75) is 61.7 Å². The van der Waals surface area contributed by atoms with Gasteiger partial charge in [0.15, 0.2) is 5.82 Å². The summed E-state index contributed by atoms with van der Waals surface area (Å²) < 4.78 is 0. The van der Waals surface area contributed by atoms with E-state index in [1.807, 2.05) is 9.80 Å². The van der Waals surface area contributed by atoms with Crippen molar-refractivity contribution in [1.29, 1.82) is 0 Å². The average molecular weight is 434 g/mol. The molecular formula is C25H31N5O2. The molecule has 5 fully saturated rings. The molecule has 7 rings (SSSR count). The zero-order valence-corrected chi connectivity index (χ0v) is 18.5. The van der Waals surface area contributed by atoms with E-state index in [4.69, 9.17) is 4.98 Å². The lowest BCUT2D eigenvalue weighted by molar-refractivity contribution is -0.0601. The molecule has 1 spiro atoms. The lowest BCUT2D eigenvalue weighted by Gasteiger charge is -2.59. The SMILES string of the molecule is O=C(N1CC(c2ccc(C3(CO)CC3)cc2)C1)N1CC2(CC(c3n[nH]c(C4CC4)n3)C2)C1. The Balaban J connectivity index is 0.889. The van der Waals surface area contributed by atoms with E-state index in [1.165, 1.54) is 24.0 Å². The van der Waals surface area contributed by atoms with Gasteiger partial charge < -0.3 is 14.9 Å². The summed E-state index contributed by atoms with van der Waals surface area (Å²) in [4.78, 5) is 21.6. The first-order valence-corrected chi connectivity index (χ1v) is 12.2. The molecule has 32 heavy (non-hydrogen) atoms. The topological polar surface area (TPSA) is 85.4 Å². The minimum atomic E-state index is 0.0286. The van der Waals surface area contributed by atoms with E-state index in [9.17, 15) is 9.90 Å². The number of nitrogens with one attached hydrogen (secondary N) is 1. The lowest BCUT2D eigenvalue weighted by atomic mass is 9.57. The van der Waals surface area contributed by atoms with E-state index in [-0.39, 0.29) is 18.1 Å². The van der Waals surface area contributed by atoms with E-state index >= 15 is 0 Å². The van der Waals surface area contributed by atoms with Gasteiger partial charge in [0.2, 0.25) is 0 Å². The molecule has 7 heteroatoms. The van der Waals surface area contributed by atoms with Crippen molar-refractivity contribution in [3.8, 4) is 0 Å². The van der Waals surface area contributed by atoms with Crippen LogP contribution in [0.25, 0.3) is 0 Å². The smallest absolute Gasteiger partial charge is 0.320 e. The normalized spacial score (nSPS) is 25.9. The molecule has 2 N–H and O–H groups in total. The molecule has 2 saturated heterocycles. The summed E-state index contributed by atoms with van der Waals surface area (Å²) in [5.74, 6) is 3.59. The first kappa shape index (κ1) is 19.1. The van der Waals surface area contributed by atoms with Crippen LogP contribution in [0.2, 0.25) is 0 Å². The Bertz CT molecular complexity index is 1030. The molecule has 0 radical (unpaired) electrons. The fourth-order valence-corrected chi connectivity index (χ4v) is 6.18. The summed E-state index contributed by atoms with van der Waals surface area (Å²) in [6.07, 6.45) is 6.89. The molecule has 2 aromatic rings. The Morgan fingerprint density at radius 1 is 1.03 bits per heavy atom. The highest BCUT2D eigenvalue weighted by Crippen LogP contribution is 2.56. The number of carbonyl (C=O) groups excluding carboxylic acids is 1. The number of H-pyrrole nitrogens is 1. The van der Waals surface area contributed by atoms with Gasteiger partial charge in [-0.3, -0.25) is 5.10 Å². The number of aliphatic hydroxyl groups is 1. The highest BCUT2D eigenvalue weighted by molar-refractivity contribution is 5.77. The van der Waals surface area contributed by atoms with Crippen LogP contribution >= 0.6 is 0 Å². The number of carbonyl (C=O) groups is 1. The van der Waals surface area contributed by atoms with E-state index in [2.05, 4.69) is 34.5 Å². The molecular weight excluding hydrogens is 402 g/mol. The van der Waals surface area contributed by atoms with Crippen LogP contribution in [0.5, 0.6) is 0 Å². The number of rotatable bonds is 5. The molecule has 3 saturated carbocycles. The van der Waals surface area contributed by atoms with Crippen LogP contribution in [0.4, 0.5) is 4.79 Å². The van der Waals surface area contributed by atoms with Gasteiger partial charge in [0.1, 0.15) is 5.82 Å². The highest BCUT2D eigenvalue weighted by Gasteiger charge is 2.56. The zero-order valence-electron chi connectivity index (χ0n) is 18.5. The summed E-state index contributed by atoms with van der Waals surface area (Å²) >= 11 is 0. The molecule has 3 heterocycles. The third-order valence-corrected chi connectivity index (χ3v) is 8.83. The van der Waals surface area contributed by atoms with Gasteiger partial charge in [-0.25, -0.2) is 9.78 Å². The van der Waals surface area contributed by atoms with Crippen molar-refractivity contribution in [2.24, 2.45) is 5.41 Å². The minimum absolute atomic E-state index is 0.0286. The summed E-state index contributed by atoms with van der Waals surface area (Å²) in [6.45, 7) is 3.66. The number of benzene rings is 1. The summed E-state index contributed by atoms with van der Waals surface area (Å²) in [6, 6.07) is 8.96. The van der Waals surface area contributed by atoms with Crippen LogP contribution in [-0.4, -0.2) is 68.9 Å². The van der Waals surface area contributed by atoms with Crippen LogP contribution in [0, 0.1) is 5.41 Å². The second-order valence-electron chi connectivity index (χ2n) is 11.3. The van der Waals surface area contributed by atoms with E-state index in [1.54, 1.807) is 0 Å². The van der Waals surface area contributed by atoms with Gasteiger partial charge in [0.25, 0.3) is 0 Å². The molecule has 0 atom stereocenters. The van der Waals surface area contributed by atoms with Crippen molar-refractivity contribution in [3.05, 3.63) is 47.0 Å². The summed E-state index contributed by atoms with van der Waals surface area (Å²) in [5, 5.41) is 17.2. The number of nitrogens with zero attached hydrogens (tertiary/aromatic N) is 4. The standard InChI is InChI=1S/C25H31N5O2/c31-15-25(7-8-25)20-5-3-16(4-6-20)19-11-29(12-19)23(32)30-13-24(14-30)9-18(10-24)22-26-21(27-28-22)17-1-2-17/h3-6,17-19,31H,1-2,7-15H2,(H,26,27,28). The fourth-order valence-electron chi connectivity index (χ4n) is 6.18. The Morgan fingerprint density at radius 3 is 2.38 bits per heavy atom. The molecule has 5 aliphatic rings. The lowest BCUT2D eigenvalue weighted by Crippen LogP contribution is -2.67. The molecule has 1 aromatic heterocycles. The molecule has 1 aromatic carbocycles. The van der Waals surface area contributed by atoms with Crippen LogP contribution in [0.3, 0.4) is 0 Å². The Hall–Kier alpha value is -2.41. The third kappa shape index (κ3) is 2.93. The van der Waals surface area contributed by atoms with Crippen molar-refractivity contribution >= 4 is 6.03 Å². The number of aromatic amines is 1. The Kier molecular flexibility index (Phi) is 3.92. The number of urea groups is 1. The highest BCUT2D eigenvalue weighted by atomic mass is 16.3. The van der Waals surface area contributed by atoms with Gasteiger partial charge in [0.05, 0.1) is 6.61 Å². The van der Waals surface area contributed by atoms with Gasteiger partial charge in [0, 0.05) is 54.8 Å². The van der Waals surface area contributed by atoms with Gasteiger partial charge >= 0.3 is 6.03 Å². The number of hydrogen-bond donors (Lipinski definition) is 2. The molecule has 168 valence electrons. The zero-order chi connectivity index (χ0) is 21.5. The Morgan fingerprint density at radius 2 is 1.75 bits per heavy atom. The fraction of sp³-hybridized carbons (Fsp3) is 0.640. The Labute approximate surface area is 188 Å². The molecule has 3 aliphatic carbocycles. The predicted octanol–water partition coefficient (Wildman–Crippen LogP) is 3.10. The molecule has 7 nitrogen and oxygen atoms in total. The maximum atomic E-state index is 12.9. The number of amides is 2. The van der Waals surface area contributed by atoms with Crippen LogP contribution in [0.1, 0.15) is 79.1 Å². The van der Waals surface area contributed by atoms with Crippen LogP contribution in [0.15, 0.2) is 24.3 Å². The molecule has 0 bridgehead atoms. The van der Waals surface area contributed by atoms with Crippen molar-refractivity contribution in [1.82, 2.24) is 25.0 Å². The van der Waals surface area contributed by atoms with Gasteiger partial charge in [-0.05, 0) is 49.7 Å². The maximum Gasteiger partial charge on any atom is 0.320 e. The van der Waals surface area contributed by atoms with E-state index in [0.717, 1.165) is 63.5 Å². The predicted molar refractivity (Wildman–Crippen MR) is 118 cm³/mol. The number of hydrogen-bond acceptors (Lipinski definition) is 4. The molecule has 2 amide bonds. The average Bonchev–Trinajstić information content (AvgIpc) is 3.64. The first-order valence-electron chi connectivity index (χ1n) is 12.2. The number of aromatic nitrogens is 3. The minimum Gasteiger partial charge on any atom is -0.395 e. The van der Waals surface area contributed by atoms with Crippen molar-refractivity contribution < 1.29 is 9.90 Å². The monoisotopic (exact) mass is 433 g/mol. The van der Waals surface area contributed by atoms with Crippen LogP contribution in [-0.2, 0) is 5.41 Å². The van der Waals surface area contributed by atoms with Crippen molar-refractivity contribution in [3.63, 3.8) is 0 Å². The first-order chi connectivity index (χ1) is 15.6. The number of aliphatic hydroxyl groups excluding tert-OH is 1. The third-order valence-electron chi connectivity index (χ3n) is 8.83. The largest absolute Gasteiger partial charge is 0.395 e. The summed E-state index contributed by atoms with van der Waals surface area (Å²) in [7, 11) is 0. The molecule has 2 aliphatic heterocycles. The second kappa shape index (κ2) is 6.56. The summed E-state index contributed by atoms with van der Waals surface area (Å²) in [5.41, 5.74) is 2.91. The van der Waals surface area contributed by atoms with Crippen LogP contribution < -0.4 is 0 Å². The van der Waals surface area contributed by atoms with E-state index < -0.39 is 0 Å². The van der Waals surface area contributed by atoms with Gasteiger partial charge in [-0.2, -0.15) is 5.10 Å². The van der Waals surface area contributed by atoms with Gasteiger partial charge in [-0.1, -0.05) is 24.3 Å².